The average molecular weight is 460 g/mol. The number of rotatable bonds is 7. The molecule has 4 heteroatoms. The molecular weight excluding hydrogens is 410 g/mol. The minimum atomic E-state index is -0.492. The molecule has 0 spiro atoms. The zero-order valence-electron chi connectivity index (χ0n) is 21.9. The van der Waals surface area contributed by atoms with Crippen molar-refractivity contribution in [2.45, 2.75) is 111 Å². The molecule has 2 N–H and O–H groups in total. The largest absolute Gasteiger partial charge is 0.446 e. The molecule has 4 nitrogen and oxygen atoms in total. The van der Waals surface area contributed by atoms with E-state index in [4.69, 9.17) is 9.84 Å². The highest BCUT2D eigenvalue weighted by atomic mass is 16.6. The van der Waals surface area contributed by atoms with E-state index in [1.807, 2.05) is 0 Å². The summed E-state index contributed by atoms with van der Waals surface area (Å²) in [5, 5.41) is 11.3. The summed E-state index contributed by atoms with van der Waals surface area (Å²) in [5.74, 6) is 5.10. The van der Waals surface area contributed by atoms with E-state index in [0.29, 0.717) is 5.41 Å². The second kappa shape index (κ2) is 9.91. The Morgan fingerprint density at radius 3 is 2.64 bits per heavy atom. The molecule has 0 aliphatic heterocycles. The first-order valence-corrected chi connectivity index (χ1v) is 13.9. The van der Waals surface area contributed by atoms with Crippen LogP contribution in [0.15, 0.2) is 11.6 Å². The fourth-order valence-electron chi connectivity index (χ4n) is 9.01. The molecule has 1 amide bonds. The number of fused-ring (bicyclic) bond motifs is 5. The predicted octanol–water partition coefficient (Wildman–Crippen LogP) is 7.07. The predicted molar refractivity (Wildman–Crippen MR) is 134 cm³/mol. The van der Waals surface area contributed by atoms with Crippen molar-refractivity contribution in [2.75, 3.05) is 6.73 Å². The number of alkyl carbamates (subject to hydrolysis) is 1. The zero-order chi connectivity index (χ0) is 23.8. The van der Waals surface area contributed by atoms with Crippen molar-refractivity contribution >= 4 is 6.09 Å². The zero-order valence-corrected chi connectivity index (χ0v) is 21.9. The summed E-state index contributed by atoms with van der Waals surface area (Å²) in [5.41, 5.74) is 2.35. The second-order valence-electron chi connectivity index (χ2n) is 12.9. The third-order valence-electron chi connectivity index (χ3n) is 10.8. The van der Waals surface area contributed by atoms with E-state index in [9.17, 15) is 4.79 Å². The van der Waals surface area contributed by atoms with Crippen LogP contribution in [0.25, 0.3) is 0 Å². The van der Waals surface area contributed by atoms with Crippen molar-refractivity contribution in [1.82, 2.24) is 5.32 Å². The Morgan fingerprint density at radius 1 is 1.12 bits per heavy atom. The van der Waals surface area contributed by atoms with E-state index in [0.717, 1.165) is 54.8 Å². The number of carbonyl (C=O) groups excluding carboxylic acids is 1. The van der Waals surface area contributed by atoms with E-state index < -0.39 is 6.09 Å². The standard InChI is InChI=1S/C29H49NO3/c1-19(2)7-6-8-20(3)24-11-12-25-23-10-9-21-17-22(33-27(32)30-18-31)13-15-28(21,4)26(23)14-16-29(24,25)5/h9,19-20,22-26,31H,6-8,10-18H2,1-5H3,(H,30,32)/t20-,22+,23+,24-,25+,26+,28+,29-/m1/s1. The number of ether oxygens (including phenoxy) is 1. The second-order valence-corrected chi connectivity index (χ2v) is 12.9. The topological polar surface area (TPSA) is 58.6 Å². The molecule has 0 aromatic heterocycles. The summed E-state index contributed by atoms with van der Waals surface area (Å²) >= 11 is 0. The lowest BCUT2D eigenvalue weighted by atomic mass is 9.47. The number of nitrogens with one attached hydrogen (secondary N) is 1. The Labute approximate surface area is 202 Å². The van der Waals surface area contributed by atoms with Gasteiger partial charge in [-0.15, -0.1) is 0 Å². The van der Waals surface area contributed by atoms with Crippen LogP contribution >= 0.6 is 0 Å². The maximum Gasteiger partial charge on any atom is 0.409 e. The van der Waals surface area contributed by atoms with Gasteiger partial charge >= 0.3 is 6.09 Å². The molecule has 0 radical (unpaired) electrons. The van der Waals surface area contributed by atoms with E-state index in [1.54, 1.807) is 0 Å². The molecule has 0 aromatic carbocycles. The smallest absolute Gasteiger partial charge is 0.409 e. The highest BCUT2D eigenvalue weighted by Crippen LogP contribution is 2.67. The Balaban J connectivity index is 1.43. The third-order valence-corrected chi connectivity index (χ3v) is 10.8. The fourth-order valence-corrected chi connectivity index (χ4v) is 9.01. The molecule has 33 heavy (non-hydrogen) atoms. The molecule has 8 atom stereocenters. The van der Waals surface area contributed by atoms with E-state index in [2.05, 4.69) is 46.0 Å². The molecule has 0 bridgehead atoms. The Bertz CT molecular complexity index is 732. The van der Waals surface area contributed by atoms with Gasteiger partial charge in [0.2, 0.25) is 0 Å². The van der Waals surface area contributed by atoms with Gasteiger partial charge in [0, 0.05) is 6.42 Å². The molecule has 3 fully saturated rings. The molecule has 188 valence electrons. The molecule has 4 aliphatic carbocycles. The van der Waals surface area contributed by atoms with Crippen LogP contribution in [0.3, 0.4) is 0 Å². The summed E-state index contributed by atoms with van der Waals surface area (Å²) in [6.45, 7) is 12.1. The number of allylic oxidation sites excluding steroid dienone is 1. The third kappa shape index (κ3) is 4.75. The van der Waals surface area contributed by atoms with E-state index >= 15 is 0 Å². The van der Waals surface area contributed by atoms with Gasteiger partial charge in [-0.05, 0) is 91.3 Å². The monoisotopic (exact) mass is 459 g/mol. The lowest BCUT2D eigenvalue weighted by Crippen LogP contribution is -2.51. The minimum absolute atomic E-state index is 0.0520. The Hall–Kier alpha value is -1.03. The molecule has 4 aliphatic rings. The summed E-state index contributed by atoms with van der Waals surface area (Å²) in [7, 11) is 0. The summed E-state index contributed by atoms with van der Waals surface area (Å²) in [4.78, 5) is 11.8. The molecule has 0 aromatic rings. The highest BCUT2D eigenvalue weighted by Gasteiger charge is 2.59. The van der Waals surface area contributed by atoms with Crippen molar-refractivity contribution in [1.29, 1.82) is 0 Å². The average Bonchev–Trinajstić information content (AvgIpc) is 3.11. The van der Waals surface area contributed by atoms with Crippen molar-refractivity contribution in [3.63, 3.8) is 0 Å². The Kier molecular flexibility index (Phi) is 7.53. The maximum absolute atomic E-state index is 11.8. The van der Waals surface area contributed by atoms with Gasteiger partial charge in [0.1, 0.15) is 12.8 Å². The summed E-state index contributed by atoms with van der Waals surface area (Å²) in [6.07, 6.45) is 16.0. The van der Waals surface area contributed by atoms with E-state index in [1.165, 1.54) is 56.9 Å². The normalized spacial score (nSPS) is 40.9. The quantitative estimate of drug-likeness (QED) is 0.316. The van der Waals surface area contributed by atoms with Crippen LogP contribution in [0.2, 0.25) is 0 Å². The van der Waals surface area contributed by atoms with Crippen LogP contribution in [0.5, 0.6) is 0 Å². The molecule has 3 saturated carbocycles. The minimum Gasteiger partial charge on any atom is -0.446 e. The Morgan fingerprint density at radius 2 is 1.91 bits per heavy atom. The summed E-state index contributed by atoms with van der Waals surface area (Å²) < 4.78 is 5.58. The number of hydrogen-bond acceptors (Lipinski definition) is 3. The van der Waals surface area contributed by atoms with Crippen LogP contribution in [-0.2, 0) is 4.74 Å². The number of carbonyl (C=O) groups is 1. The van der Waals surface area contributed by atoms with Crippen molar-refractivity contribution in [3.8, 4) is 0 Å². The van der Waals surface area contributed by atoms with Crippen molar-refractivity contribution < 1.29 is 14.6 Å². The van der Waals surface area contributed by atoms with Gasteiger partial charge in [0.15, 0.2) is 0 Å². The van der Waals surface area contributed by atoms with Gasteiger partial charge in [-0.3, -0.25) is 5.32 Å². The first-order valence-electron chi connectivity index (χ1n) is 13.9. The van der Waals surface area contributed by atoms with Gasteiger partial charge in [-0.25, -0.2) is 4.79 Å². The molecule has 0 unspecified atom stereocenters. The van der Waals surface area contributed by atoms with Crippen LogP contribution in [-0.4, -0.2) is 24.0 Å². The van der Waals surface area contributed by atoms with E-state index in [-0.39, 0.29) is 18.2 Å². The van der Waals surface area contributed by atoms with Crippen LogP contribution < -0.4 is 5.32 Å². The van der Waals surface area contributed by atoms with Gasteiger partial charge < -0.3 is 9.84 Å². The lowest BCUT2D eigenvalue weighted by Gasteiger charge is -2.58. The lowest BCUT2D eigenvalue weighted by molar-refractivity contribution is -0.0582. The number of aliphatic hydroxyl groups excluding tert-OH is 1. The molecular formula is C29H49NO3. The highest BCUT2D eigenvalue weighted by molar-refractivity contribution is 5.67. The molecule has 0 saturated heterocycles. The number of amides is 1. The van der Waals surface area contributed by atoms with Crippen LogP contribution in [0, 0.1) is 46.3 Å². The summed E-state index contributed by atoms with van der Waals surface area (Å²) in [6, 6.07) is 0. The molecule has 4 rings (SSSR count). The maximum atomic E-state index is 11.8. The fraction of sp³-hybridized carbons (Fsp3) is 0.897. The van der Waals surface area contributed by atoms with Crippen molar-refractivity contribution in [3.05, 3.63) is 11.6 Å². The van der Waals surface area contributed by atoms with Crippen LogP contribution in [0.4, 0.5) is 4.79 Å². The first-order chi connectivity index (χ1) is 15.7. The van der Waals surface area contributed by atoms with Gasteiger partial charge in [0.25, 0.3) is 0 Å². The van der Waals surface area contributed by atoms with Gasteiger partial charge in [0.05, 0.1) is 0 Å². The van der Waals surface area contributed by atoms with Gasteiger partial charge in [-0.1, -0.05) is 65.5 Å². The van der Waals surface area contributed by atoms with Gasteiger partial charge in [-0.2, -0.15) is 0 Å². The van der Waals surface area contributed by atoms with Crippen LogP contribution in [0.1, 0.15) is 105 Å². The SMILES string of the molecule is CC(C)CCC[C@@H](C)[C@H]1CC[C@H]2[C@@H]3CC=C4C[C@@H](OC(=O)NCO)CC[C@]4(C)[C@H]3CC[C@]12C. The molecule has 0 heterocycles. The number of hydrogen-bond donors (Lipinski definition) is 2. The van der Waals surface area contributed by atoms with Crippen molar-refractivity contribution in [2.24, 2.45) is 46.3 Å². The first kappa shape index (κ1) is 25.1. The number of aliphatic hydroxyl groups is 1.